The third-order valence-electron chi connectivity index (χ3n) is 4.89. The SMILES string of the molecule is Cn1nc(-c2cccs2)cc1C(=O)N1CC[C@@H](c2noc(-c3ccco3)n2)C1. The lowest BCUT2D eigenvalue weighted by atomic mass is 10.1. The van der Waals surface area contributed by atoms with Gasteiger partial charge in [0.2, 0.25) is 0 Å². The summed E-state index contributed by atoms with van der Waals surface area (Å²) in [6.07, 6.45) is 2.35. The molecule has 1 aliphatic heterocycles. The lowest BCUT2D eigenvalue weighted by molar-refractivity contribution is 0.0779. The van der Waals surface area contributed by atoms with Gasteiger partial charge in [-0.15, -0.1) is 11.3 Å². The van der Waals surface area contributed by atoms with Crippen LogP contribution in [0.2, 0.25) is 0 Å². The number of aromatic nitrogens is 4. The van der Waals surface area contributed by atoms with Gasteiger partial charge in [-0.2, -0.15) is 10.1 Å². The molecule has 0 unspecified atom stereocenters. The molecular formula is C19H17N5O3S. The number of amides is 1. The van der Waals surface area contributed by atoms with Crippen LogP contribution in [0.15, 0.2) is 50.9 Å². The molecule has 4 aromatic rings. The Kier molecular flexibility index (Phi) is 4.09. The van der Waals surface area contributed by atoms with E-state index >= 15 is 0 Å². The lowest BCUT2D eigenvalue weighted by Gasteiger charge is -2.15. The van der Waals surface area contributed by atoms with Crippen molar-refractivity contribution in [3.05, 3.63) is 53.5 Å². The van der Waals surface area contributed by atoms with Crippen LogP contribution in [0.1, 0.15) is 28.7 Å². The van der Waals surface area contributed by atoms with Crippen LogP contribution >= 0.6 is 11.3 Å². The van der Waals surface area contributed by atoms with Crippen LogP contribution in [0.4, 0.5) is 0 Å². The highest BCUT2D eigenvalue weighted by Crippen LogP contribution is 2.29. The third-order valence-corrected chi connectivity index (χ3v) is 5.78. The Morgan fingerprint density at radius 3 is 3.04 bits per heavy atom. The molecule has 1 aliphatic rings. The summed E-state index contributed by atoms with van der Waals surface area (Å²) in [5.41, 5.74) is 1.39. The number of thiophene rings is 1. The summed E-state index contributed by atoms with van der Waals surface area (Å²) in [5.74, 6) is 1.51. The first-order valence-corrected chi connectivity index (χ1v) is 9.81. The van der Waals surface area contributed by atoms with Crippen LogP contribution in [0, 0.1) is 0 Å². The zero-order chi connectivity index (χ0) is 19.1. The van der Waals surface area contributed by atoms with Gasteiger partial charge in [-0.25, -0.2) is 0 Å². The maximum atomic E-state index is 13.0. The number of hydrogen-bond donors (Lipinski definition) is 0. The van der Waals surface area contributed by atoms with Gasteiger partial charge < -0.3 is 13.8 Å². The van der Waals surface area contributed by atoms with E-state index in [1.165, 1.54) is 0 Å². The van der Waals surface area contributed by atoms with Crippen molar-refractivity contribution < 1.29 is 13.7 Å². The van der Waals surface area contributed by atoms with E-state index in [1.807, 2.05) is 28.5 Å². The highest BCUT2D eigenvalue weighted by atomic mass is 32.1. The molecule has 0 aliphatic carbocycles. The standard InChI is InChI=1S/C19H17N5O3S/c1-23-14(10-13(21-23)16-5-3-9-28-16)19(25)24-7-6-12(11-24)17-20-18(27-22-17)15-4-2-8-26-15/h2-5,8-10,12H,6-7,11H2,1H3/t12-/m1/s1. The molecule has 0 saturated carbocycles. The number of hydrogen-bond acceptors (Lipinski definition) is 7. The first-order chi connectivity index (χ1) is 13.7. The Morgan fingerprint density at radius 1 is 1.32 bits per heavy atom. The van der Waals surface area contributed by atoms with Crippen molar-refractivity contribution in [1.29, 1.82) is 0 Å². The van der Waals surface area contributed by atoms with Crippen molar-refractivity contribution in [1.82, 2.24) is 24.8 Å². The summed E-state index contributed by atoms with van der Waals surface area (Å²) in [7, 11) is 1.80. The molecule has 0 N–H and O–H groups in total. The number of aryl methyl sites for hydroxylation is 1. The average molecular weight is 395 g/mol. The summed E-state index contributed by atoms with van der Waals surface area (Å²) in [4.78, 5) is 20.3. The summed E-state index contributed by atoms with van der Waals surface area (Å²) in [5, 5.41) is 10.6. The van der Waals surface area contributed by atoms with E-state index in [2.05, 4.69) is 15.2 Å². The van der Waals surface area contributed by atoms with Gasteiger partial charge in [0, 0.05) is 26.1 Å². The number of likely N-dealkylation sites (tertiary alicyclic amines) is 1. The van der Waals surface area contributed by atoms with E-state index in [0.717, 1.165) is 17.0 Å². The Bertz CT molecular complexity index is 1100. The zero-order valence-corrected chi connectivity index (χ0v) is 15.9. The van der Waals surface area contributed by atoms with Crippen molar-refractivity contribution in [2.75, 3.05) is 13.1 Å². The topological polar surface area (TPSA) is 90.2 Å². The minimum atomic E-state index is -0.0324. The molecule has 1 amide bonds. The molecule has 1 saturated heterocycles. The lowest BCUT2D eigenvalue weighted by Crippen LogP contribution is -2.30. The maximum absolute atomic E-state index is 13.0. The van der Waals surface area contributed by atoms with Crippen molar-refractivity contribution in [2.45, 2.75) is 12.3 Å². The van der Waals surface area contributed by atoms with Crippen LogP contribution in [0.25, 0.3) is 22.2 Å². The largest absolute Gasteiger partial charge is 0.459 e. The van der Waals surface area contributed by atoms with Crippen molar-refractivity contribution in [3.63, 3.8) is 0 Å². The number of rotatable bonds is 4. The molecule has 5 rings (SSSR count). The van der Waals surface area contributed by atoms with Crippen LogP contribution in [-0.4, -0.2) is 43.8 Å². The molecule has 1 fully saturated rings. The fourth-order valence-electron chi connectivity index (χ4n) is 3.43. The minimum absolute atomic E-state index is 0.0324. The van der Waals surface area contributed by atoms with Gasteiger partial charge in [0.05, 0.1) is 11.1 Å². The second kappa shape index (κ2) is 6.75. The Labute approximate surface area is 164 Å². The molecule has 28 heavy (non-hydrogen) atoms. The summed E-state index contributed by atoms with van der Waals surface area (Å²) < 4.78 is 12.2. The second-order valence-corrected chi connectivity index (χ2v) is 7.64. The Morgan fingerprint density at radius 2 is 2.25 bits per heavy atom. The molecular weight excluding hydrogens is 378 g/mol. The summed E-state index contributed by atoms with van der Waals surface area (Å²) >= 11 is 1.61. The van der Waals surface area contributed by atoms with Gasteiger partial charge in [-0.1, -0.05) is 11.2 Å². The van der Waals surface area contributed by atoms with E-state index in [4.69, 9.17) is 8.94 Å². The second-order valence-electron chi connectivity index (χ2n) is 6.69. The molecule has 0 spiro atoms. The Balaban J connectivity index is 1.32. The zero-order valence-electron chi connectivity index (χ0n) is 15.1. The van der Waals surface area contributed by atoms with Gasteiger partial charge in [-0.3, -0.25) is 9.48 Å². The van der Waals surface area contributed by atoms with Crippen molar-refractivity contribution in [3.8, 4) is 22.2 Å². The highest BCUT2D eigenvalue weighted by molar-refractivity contribution is 7.13. The average Bonchev–Trinajstić information content (AvgIpc) is 3.52. The molecule has 1 atom stereocenters. The summed E-state index contributed by atoms with van der Waals surface area (Å²) in [6.45, 7) is 1.20. The molecule has 4 aromatic heterocycles. The fraction of sp³-hybridized carbons (Fsp3) is 0.263. The van der Waals surface area contributed by atoms with E-state index in [1.54, 1.807) is 41.5 Å². The molecule has 0 aromatic carbocycles. The van der Waals surface area contributed by atoms with Crippen LogP contribution in [-0.2, 0) is 7.05 Å². The van der Waals surface area contributed by atoms with Gasteiger partial charge >= 0.3 is 0 Å². The van der Waals surface area contributed by atoms with Crippen LogP contribution in [0.5, 0.6) is 0 Å². The first-order valence-electron chi connectivity index (χ1n) is 8.93. The third kappa shape index (κ3) is 2.93. The van der Waals surface area contributed by atoms with E-state index in [9.17, 15) is 4.79 Å². The molecule has 5 heterocycles. The van der Waals surface area contributed by atoms with E-state index < -0.39 is 0 Å². The monoisotopic (exact) mass is 395 g/mol. The van der Waals surface area contributed by atoms with Crippen LogP contribution < -0.4 is 0 Å². The molecule has 8 nitrogen and oxygen atoms in total. The number of furan rings is 1. The van der Waals surface area contributed by atoms with Gasteiger partial charge in [0.1, 0.15) is 11.4 Å². The molecule has 0 radical (unpaired) electrons. The quantitative estimate of drug-likeness (QED) is 0.526. The predicted octanol–water partition coefficient (Wildman–Crippen LogP) is 3.42. The van der Waals surface area contributed by atoms with Crippen molar-refractivity contribution in [2.24, 2.45) is 7.05 Å². The highest BCUT2D eigenvalue weighted by Gasteiger charge is 2.32. The van der Waals surface area contributed by atoms with E-state index in [-0.39, 0.29) is 11.8 Å². The van der Waals surface area contributed by atoms with Crippen molar-refractivity contribution >= 4 is 17.2 Å². The number of carbonyl (C=O) groups excluding carboxylic acids is 1. The maximum Gasteiger partial charge on any atom is 0.293 e. The van der Waals surface area contributed by atoms with Gasteiger partial charge in [0.15, 0.2) is 11.6 Å². The number of nitrogens with zero attached hydrogens (tertiary/aromatic N) is 5. The normalized spacial score (nSPS) is 16.8. The first kappa shape index (κ1) is 16.9. The van der Waals surface area contributed by atoms with E-state index in [0.29, 0.717) is 36.3 Å². The molecule has 9 heteroatoms. The van der Waals surface area contributed by atoms with Crippen LogP contribution in [0.3, 0.4) is 0 Å². The predicted molar refractivity (Wildman–Crippen MR) is 102 cm³/mol. The molecule has 142 valence electrons. The van der Waals surface area contributed by atoms with Gasteiger partial charge in [-0.05, 0) is 36.1 Å². The van der Waals surface area contributed by atoms with Gasteiger partial charge in [0.25, 0.3) is 11.8 Å². The number of carbonyl (C=O) groups is 1. The Hall–Kier alpha value is -3.20. The smallest absolute Gasteiger partial charge is 0.293 e. The fourth-order valence-corrected chi connectivity index (χ4v) is 4.11. The minimum Gasteiger partial charge on any atom is -0.459 e. The summed E-state index contributed by atoms with van der Waals surface area (Å²) in [6, 6.07) is 9.37. The molecule has 0 bridgehead atoms.